The number of anilines is 1. The lowest BCUT2D eigenvalue weighted by atomic mass is 9.90. The molecule has 5 heteroatoms. The number of hydrogen-bond acceptors (Lipinski definition) is 3. The summed E-state index contributed by atoms with van der Waals surface area (Å²) in [5, 5.41) is 10.1. The molecule has 0 amide bonds. The molecule has 0 aliphatic heterocycles. The molecule has 2 N–H and O–H groups in total. The maximum atomic E-state index is 6.09. The predicted octanol–water partition coefficient (Wildman–Crippen LogP) is 6.10. The SMILES string of the molecule is Clc1cccc(CCNC2CCC(Nc3ccnc4cc(Cl)ccc34)CC2)c1. The Morgan fingerprint density at radius 1 is 0.893 bits per heavy atom. The normalized spacial score (nSPS) is 19.6. The van der Waals surface area contributed by atoms with E-state index < -0.39 is 0 Å². The highest BCUT2D eigenvalue weighted by Crippen LogP contribution is 2.28. The Labute approximate surface area is 176 Å². The Morgan fingerprint density at radius 3 is 2.50 bits per heavy atom. The first-order valence-electron chi connectivity index (χ1n) is 9.96. The van der Waals surface area contributed by atoms with Crippen LogP contribution in [-0.4, -0.2) is 23.6 Å². The Hall–Kier alpha value is -1.81. The molecule has 0 unspecified atom stereocenters. The van der Waals surface area contributed by atoms with Gasteiger partial charge in [-0.1, -0.05) is 35.3 Å². The van der Waals surface area contributed by atoms with Crippen LogP contribution in [0.5, 0.6) is 0 Å². The van der Waals surface area contributed by atoms with E-state index in [1.807, 2.05) is 30.5 Å². The van der Waals surface area contributed by atoms with Gasteiger partial charge in [-0.3, -0.25) is 4.98 Å². The number of aromatic nitrogens is 1. The van der Waals surface area contributed by atoms with Gasteiger partial charge >= 0.3 is 0 Å². The van der Waals surface area contributed by atoms with E-state index in [-0.39, 0.29) is 0 Å². The summed E-state index contributed by atoms with van der Waals surface area (Å²) >= 11 is 12.2. The number of rotatable bonds is 6. The van der Waals surface area contributed by atoms with Crippen LogP contribution in [0.15, 0.2) is 54.7 Å². The van der Waals surface area contributed by atoms with Gasteiger partial charge in [0.25, 0.3) is 0 Å². The molecular weight excluding hydrogens is 389 g/mol. The van der Waals surface area contributed by atoms with Crippen LogP contribution in [0.25, 0.3) is 10.9 Å². The summed E-state index contributed by atoms with van der Waals surface area (Å²) in [6.45, 7) is 0.999. The second-order valence-electron chi connectivity index (χ2n) is 7.55. The maximum absolute atomic E-state index is 6.09. The number of pyridine rings is 1. The van der Waals surface area contributed by atoms with E-state index in [1.54, 1.807) is 0 Å². The van der Waals surface area contributed by atoms with Crippen molar-refractivity contribution in [2.24, 2.45) is 0 Å². The maximum Gasteiger partial charge on any atom is 0.0737 e. The second-order valence-corrected chi connectivity index (χ2v) is 8.42. The average Bonchev–Trinajstić information content (AvgIpc) is 2.69. The molecule has 1 saturated carbocycles. The van der Waals surface area contributed by atoms with Crippen molar-refractivity contribution in [1.82, 2.24) is 10.3 Å². The van der Waals surface area contributed by atoms with Crippen LogP contribution in [0.4, 0.5) is 5.69 Å². The van der Waals surface area contributed by atoms with E-state index >= 15 is 0 Å². The van der Waals surface area contributed by atoms with E-state index in [0.717, 1.165) is 39.6 Å². The zero-order valence-corrected chi connectivity index (χ0v) is 17.3. The van der Waals surface area contributed by atoms with E-state index in [1.165, 1.54) is 31.2 Å². The van der Waals surface area contributed by atoms with Gasteiger partial charge < -0.3 is 10.6 Å². The van der Waals surface area contributed by atoms with Gasteiger partial charge in [-0.2, -0.15) is 0 Å². The minimum Gasteiger partial charge on any atom is -0.382 e. The molecule has 0 bridgehead atoms. The van der Waals surface area contributed by atoms with Crippen molar-refractivity contribution in [2.75, 3.05) is 11.9 Å². The van der Waals surface area contributed by atoms with Crippen molar-refractivity contribution in [3.63, 3.8) is 0 Å². The Kier molecular flexibility index (Phi) is 6.36. The van der Waals surface area contributed by atoms with Gasteiger partial charge in [0.1, 0.15) is 0 Å². The number of nitrogens with one attached hydrogen (secondary N) is 2. The first-order valence-corrected chi connectivity index (χ1v) is 10.7. The van der Waals surface area contributed by atoms with Crippen LogP contribution < -0.4 is 10.6 Å². The lowest BCUT2D eigenvalue weighted by Gasteiger charge is -2.30. The lowest BCUT2D eigenvalue weighted by Crippen LogP contribution is -2.37. The molecule has 146 valence electrons. The summed E-state index contributed by atoms with van der Waals surface area (Å²) in [4.78, 5) is 4.43. The average molecular weight is 414 g/mol. The predicted molar refractivity (Wildman–Crippen MR) is 120 cm³/mol. The Bertz CT molecular complexity index is 936. The minimum absolute atomic E-state index is 0.507. The molecule has 0 spiro atoms. The zero-order chi connectivity index (χ0) is 19.3. The quantitative estimate of drug-likeness (QED) is 0.512. The van der Waals surface area contributed by atoms with Crippen molar-refractivity contribution < 1.29 is 0 Å². The van der Waals surface area contributed by atoms with Crippen LogP contribution in [0.3, 0.4) is 0 Å². The summed E-state index contributed by atoms with van der Waals surface area (Å²) in [5.41, 5.74) is 3.38. The van der Waals surface area contributed by atoms with Gasteiger partial charge in [-0.25, -0.2) is 0 Å². The first-order chi connectivity index (χ1) is 13.7. The van der Waals surface area contributed by atoms with Crippen LogP contribution in [0.2, 0.25) is 10.0 Å². The van der Waals surface area contributed by atoms with Gasteiger partial charge in [0.15, 0.2) is 0 Å². The molecule has 4 rings (SSSR count). The van der Waals surface area contributed by atoms with Crippen LogP contribution in [-0.2, 0) is 6.42 Å². The molecule has 0 saturated heterocycles. The summed E-state index contributed by atoms with van der Waals surface area (Å²) in [6.07, 6.45) is 7.61. The molecule has 3 aromatic rings. The molecule has 2 aromatic carbocycles. The highest BCUT2D eigenvalue weighted by Gasteiger charge is 2.21. The van der Waals surface area contributed by atoms with Gasteiger partial charge in [-0.15, -0.1) is 0 Å². The monoisotopic (exact) mass is 413 g/mol. The number of benzene rings is 2. The van der Waals surface area contributed by atoms with Crippen molar-refractivity contribution >= 4 is 39.8 Å². The van der Waals surface area contributed by atoms with Gasteiger partial charge in [-0.05, 0) is 80.6 Å². The first kappa shape index (κ1) is 19.5. The van der Waals surface area contributed by atoms with Crippen molar-refractivity contribution in [1.29, 1.82) is 0 Å². The van der Waals surface area contributed by atoms with E-state index in [2.05, 4.69) is 39.9 Å². The molecule has 1 aliphatic rings. The van der Waals surface area contributed by atoms with Gasteiger partial charge in [0.05, 0.1) is 5.52 Å². The fourth-order valence-corrected chi connectivity index (χ4v) is 4.40. The summed E-state index contributed by atoms with van der Waals surface area (Å²) in [5.74, 6) is 0. The summed E-state index contributed by atoms with van der Waals surface area (Å²) in [7, 11) is 0. The fourth-order valence-electron chi connectivity index (χ4n) is 4.02. The van der Waals surface area contributed by atoms with Crippen molar-refractivity contribution in [2.45, 2.75) is 44.2 Å². The third-order valence-corrected chi connectivity index (χ3v) is 6.00. The van der Waals surface area contributed by atoms with Crippen LogP contribution >= 0.6 is 23.2 Å². The molecule has 0 atom stereocenters. The standard InChI is InChI=1S/C23H25Cl2N3/c24-17-3-1-2-16(14-17)10-12-26-19-5-7-20(8-6-19)28-22-11-13-27-23-15-18(25)4-9-21(22)23/h1-4,9,11,13-15,19-20,26H,5-8,10,12H2,(H,27,28). The molecular formula is C23H25Cl2N3. The van der Waals surface area contributed by atoms with Crippen molar-refractivity contribution in [3.8, 4) is 0 Å². The largest absolute Gasteiger partial charge is 0.382 e. The lowest BCUT2D eigenvalue weighted by molar-refractivity contribution is 0.356. The third-order valence-electron chi connectivity index (χ3n) is 5.53. The summed E-state index contributed by atoms with van der Waals surface area (Å²) in [6, 6.07) is 17.2. The van der Waals surface area contributed by atoms with Crippen LogP contribution in [0.1, 0.15) is 31.2 Å². The topological polar surface area (TPSA) is 37.0 Å². The van der Waals surface area contributed by atoms with E-state index in [0.29, 0.717) is 12.1 Å². The van der Waals surface area contributed by atoms with Gasteiger partial charge in [0.2, 0.25) is 0 Å². The van der Waals surface area contributed by atoms with Gasteiger partial charge in [0, 0.05) is 39.4 Å². The number of halogens is 2. The molecule has 1 aromatic heterocycles. The molecule has 1 aliphatic carbocycles. The highest BCUT2D eigenvalue weighted by atomic mass is 35.5. The number of fused-ring (bicyclic) bond motifs is 1. The molecule has 1 fully saturated rings. The molecule has 0 radical (unpaired) electrons. The van der Waals surface area contributed by atoms with Crippen LogP contribution in [0, 0.1) is 0 Å². The van der Waals surface area contributed by atoms with Crippen molar-refractivity contribution in [3.05, 3.63) is 70.3 Å². The Balaban J connectivity index is 1.27. The third kappa shape index (κ3) is 4.96. The molecule has 1 heterocycles. The minimum atomic E-state index is 0.507. The fraction of sp³-hybridized carbons (Fsp3) is 0.348. The molecule has 28 heavy (non-hydrogen) atoms. The number of nitrogens with zero attached hydrogens (tertiary/aromatic N) is 1. The Morgan fingerprint density at radius 2 is 1.68 bits per heavy atom. The van der Waals surface area contributed by atoms with E-state index in [9.17, 15) is 0 Å². The second kappa shape index (κ2) is 9.13. The number of hydrogen-bond donors (Lipinski definition) is 2. The smallest absolute Gasteiger partial charge is 0.0737 e. The highest BCUT2D eigenvalue weighted by molar-refractivity contribution is 6.31. The molecule has 3 nitrogen and oxygen atoms in total. The summed E-state index contributed by atoms with van der Waals surface area (Å²) < 4.78 is 0. The zero-order valence-electron chi connectivity index (χ0n) is 15.8. The van der Waals surface area contributed by atoms with E-state index in [4.69, 9.17) is 23.2 Å².